The van der Waals surface area contributed by atoms with Gasteiger partial charge in [0.2, 0.25) is 0 Å². The zero-order chi connectivity index (χ0) is 13.3. The van der Waals surface area contributed by atoms with Crippen LogP contribution in [0.25, 0.3) is 0 Å². The van der Waals surface area contributed by atoms with E-state index in [-0.39, 0.29) is 0 Å². The van der Waals surface area contributed by atoms with E-state index >= 15 is 0 Å². The molecule has 1 radical (unpaired) electrons. The summed E-state index contributed by atoms with van der Waals surface area (Å²) in [7, 11) is 0. The molecule has 0 spiro atoms. The molecule has 0 aromatic carbocycles. The van der Waals surface area contributed by atoms with Gasteiger partial charge in [0.05, 0.1) is 0 Å². The summed E-state index contributed by atoms with van der Waals surface area (Å²) in [6, 6.07) is 0. The standard InChI is InChI=1S/C18H35/c1-3-5-7-9-11-13-15-17-18-16-14-12-10-8-6-4-2/h10,12H,1,3-9,11,13-18H2,2H3/b12-10+. The summed E-state index contributed by atoms with van der Waals surface area (Å²) in [5.74, 6) is 0. The van der Waals surface area contributed by atoms with E-state index in [1.165, 1.54) is 83.5 Å². The minimum Gasteiger partial charge on any atom is -0.0885 e. The van der Waals surface area contributed by atoms with Crippen LogP contribution in [-0.4, -0.2) is 0 Å². The average Bonchev–Trinajstić information content (AvgIpc) is 2.39. The molecule has 0 amide bonds. The summed E-state index contributed by atoms with van der Waals surface area (Å²) in [6.07, 6.45) is 23.9. The Labute approximate surface area is 116 Å². The third kappa shape index (κ3) is 15.7. The van der Waals surface area contributed by atoms with E-state index in [9.17, 15) is 0 Å². The SMILES string of the molecule is [CH2]CCCCCCCCCCC/C=C/CCCC. The van der Waals surface area contributed by atoms with Crippen LogP contribution in [-0.2, 0) is 0 Å². The van der Waals surface area contributed by atoms with Gasteiger partial charge in [-0.2, -0.15) is 0 Å². The fourth-order valence-electron chi connectivity index (χ4n) is 2.23. The Balaban J connectivity index is 2.96. The zero-order valence-electron chi connectivity index (χ0n) is 12.8. The van der Waals surface area contributed by atoms with Crippen molar-refractivity contribution >= 4 is 0 Å². The molecule has 0 unspecified atom stereocenters. The van der Waals surface area contributed by atoms with E-state index in [0.29, 0.717) is 0 Å². The monoisotopic (exact) mass is 251 g/mol. The summed E-state index contributed by atoms with van der Waals surface area (Å²) in [5, 5.41) is 0. The highest BCUT2D eigenvalue weighted by molar-refractivity contribution is 4.81. The van der Waals surface area contributed by atoms with Gasteiger partial charge in [-0.3, -0.25) is 0 Å². The van der Waals surface area contributed by atoms with Crippen molar-refractivity contribution in [3.8, 4) is 0 Å². The summed E-state index contributed by atoms with van der Waals surface area (Å²) >= 11 is 0. The molecule has 0 heteroatoms. The van der Waals surface area contributed by atoms with Crippen molar-refractivity contribution < 1.29 is 0 Å². The van der Waals surface area contributed by atoms with E-state index in [4.69, 9.17) is 0 Å². The molecular formula is C18H35. The van der Waals surface area contributed by atoms with Crippen LogP contribution in [0.15, 0.2) is 12.2 Å². The molecule has 0 aliphatic rings. The molecule has 0 saturated heterocycles. The molecule has 0 aromatic rings. The Kier molecular flexibility index (Phi) is 16.5. The maximum Gasteiger partial charge on any atom is -0.0351 e. The van der Waals surface area contributed by atoms with Crippen LogP contribution in [0.2, 0.25) is 0 Å². The normalized spacial score (nSPS) is 11.4. The van der Waals surface area contributed by atoms with Gasteiger partial charge < -0.3 is 0 Å². The van der Waals surface area contributed by atoms with E-state index < -0.39 is 0 Å². The van der Waals surface area contributed by atoms with Crippen LogP contribution < -0.4 is 0 Å². The Morgan fingerprint density at radius 3 is 1.56 bits per heavy atom. The van der Waals surface area contributed by atoms with Gasteiger partial charge in [-0.25, -0.2) is 0 Å². The largest absolute Gasteiger partial charge is 0.0885 e. The van der Waals surface area contributed by atoms with Gasteiger partial charge >= 0.3 is 0 Å². The van der Waals surface area contributed by atoms with Crippen molar-refractivity contribution in [3.05, 3.63) is 19.1 Å². The van der Waals surface area contributed by atoms with Gasteiger partial charge in [0.1, 0.15) is 0 Å². The minimum atomic E-state index is 1.12. The molecular weight excluding hydrogens is 216 g/mol. The number of unbranched alkanes of at least 4 members (excludes halogenated alkanes) is 12. The lowest BCUT2D eigenvalue weighted by molar-refractivity contribution is 0.561. The summed E-state index contributed by atoms with van der Waals surface area (Å²) in [6.45, 7) is 6.14. The first-order valence-electron chi connectivity index (χ1n) is 8.36. The highest BCUT2D eigenvalue weighted by atomic mass is 14.0. The molecule has 0 atom stereocenters. The number of hydrogen-bond acceptors (Lipinski definition) is 0. The summed E-state index contributed by atoms with van der Waals surface area (Å²) in [4.78, 5) is 0. The van der Waals surface area contributed by atoms with Crippen LogP contribution in [0, 0.1) is 6.92 Å². The molecule has 0 heterocycles. The molecule has 107 valence electrons. The fraction of sp³-hybridized carbons (Fsp3) is 0.833. The van der Waals surface area contributed by atoms with Gasteiger partial charge in [0, 0.05) is 0 Å². The topological polar surface area (TPSA) is 0 Å². The molecule has 0 nitrogen and oxygen atoms in total. The molecule has 0 saturated carbocycles. The predicted molar refractivity (Wildman–Crippen MR) is 84.8 cm³/mol. The molecule has 0 bridgehead atoms. The highest BCUT2D eigenvalue weighted by Gasteiger charge is 1.91. The quantitative estimate of drug-likeness (QED) is 0.234. The number of hydrogen-bond donors (Lipinski definition) is 0. The fourth-order valence-corrected chi connectivity index (χ4v) is 2.23. The van der Waals surface area contributed by atoms with Gasteiger partial charge in [-0.1, -0.05) is 96.6 Å². The Morgan fingerprint density at radius 2 is 1.06 bits per heavy atom. The first-order valence-corrected chi connectivity index (χ1v) is 8.36. The number of rotatable bonds is 14. The van der Waals surface area contributed by atoms with Gasteiger partial charge in [0.25, 0.3) is 0 Å². The molecule has 0 aliphatic heterocycles. The maximum atomic E-state index is 3.88. The van der Waals surface area contributed by atoms with E-state index in [1.54, 1.807) is 0 Å². The van der Waals surface area contributed by atoms with Crippen molar-refractivity contribution in [1.29, 1.82) is 0 Å². The van der Waals surface area contributed by atoms with Crippen molar-refractivity contribution in [2.45, 2.75) is 96.8 Å². The smallest absolute Gasteiger partial charge is 0.0351 e. The van der Waals surface area contributed by atoms with Crippen LogP contribution in [0.1, 0.15) is 96.8 Å². The Morgan fingerprint density at radius 1 is 0.611 bits per heavy atom. The van der Waals surface area contributed by atoms with Crippen LogP contribution in [0.5, 0.6) is 0 Å². The second-order valence-corrected chi connectivity index (χ2v) is 5.44. The van der Waals surface area contributed by atoms with Gasteiger partial charge in [-0.05, 0) is 19.3 Å². The molecule has 0 N–H and O–H groups in total. The van der Waals surface area contributed by atoms with Crippen molar-refractivity contribution in [3.63, 3.8) is 0 Å². The summed E-state index contributed by atoms with van der Waals surface area (Å²) < 4.78 is 0. The van der Waals surface area contributed by atoms with Crippen molar-refractivity contribution in [2.75, 3.05) is 0 Å². The maximum absolute atomic E-state index is 3.88. The molecule has 18 heavy (non-hydrogen) atoms. The lowest BCUT2D eigenvalue weighted by Gasteiger charge is -2.01. The van der Waals surface area contributed by atoms with E-state index in [0.717, 1.165) is 6.42 Å². The van der Waals surface area contributed by atoms with E-state index in [1.807, 2.05) is 0 Å². The molecule has 0 aromatic heterocycles. The Hall–Kier alpha value is -0.260. The van der Waals surface area contributed by atoms with Crippen LogP contribution >= 0.6 is 0 Å². The predicted octanol–water partition coefficient (Wildman–Crippen LogP) is 6.86. The highest BCUT2D eigenvalue weighted by Crippen LogP contribution is 2.11. The van der Waals surface area contributed by atoms with Crippen LogP contribution in [0.3, 0.4) is 0 Å². The first kappa shape index (κ1) is 17.7. The lowest BCUT2D eigenvalue weighted by Crippen LogP contribution is -1.81. The first-order chi connectivity index (χ1) is 8.91. The van der Waals surface area contributed by atoms with Gasteiger partial charge in [-0.15, -0.1) is 0 Å². The second-order valence-electron chi connectivity index (χ2n) is 5.44. The molecule has 0 aliphatic carbocycles. The van der Waals surface area contributed by atoms with Crippen molar-refractivity contribution in [2.24, 2.45) is 0 Å². The summed E-state index contributed by atoms with van der Waals surface area (Å²) in [5.41, 5.74) is 0. The number of allylic oxidation sites excluding steroid dienone is 2. The van der Waals surface area contributed by atoms with Gasteiger partial charge in [0.15, 0.2) is 0 Å². The van der Waals surface area contributed by atoms with Crippen molar-refractivity contribution in [1.82, 2.24) is 0 Å². The molecule has 0 fully saturated rings. The lowest BCUT2D eigenvalue weighted by atomic mass is 10.1. The third-order valence-corrected chi connectivity index (χ3v) is 3.51. The zero-order valence-corrected chi connectivity index (χ0v) is 12.8. The van der Waals surface area contributed by atoms with E-state index in [2.05, 4.69) is 26.0 Å². The minimum absolute atomic E-state index is 1.12. The Bertz CT molecular complexity index is 157. The average molecular weight is 251 g/mol. The van der Waals surface area contributed by atoms with Crippen LogP contribution in [0.4, 0.5) is 0 Å². The second kappa shape index (κ2) is 16.7. The third-order valence-electron chi connectivity index (χ3n) is 3.51. The molecule has 0 rings (SSSR count).